The van der Waals surface area contributed by atoms with Crippen molar-refractivity contribution in [1.29, 1.82) is 0 Å². The number of nitrogens with zero attached hydrogens (tertiary/aromatic N) is 1. The summed E-state index contributed by atoms with van der Waals surface area (Å²) in [6.45, 7) is -0.826. The van der Waals surface area contributed by atoms with Gasteiger partial charge in [-0.3, -0.25) is 4.79 Å². The molecule has 0 radical (unpaired) electrons. The minimum atomic E-state index is -4.42. The Morgan fingerprint density at radius 3 is 2.75 bits per heavy atom. The lowest BCUT2D eigenvalue weighted by Crippen LogP contribution is -2.43. The van der Waals surface area contributed by atoms with Crippen LogP contribution in [0.15, 0.2) is 22.8 Å². The second-order valence-electron chi connectivity index (χ2n) is 5.02. The molecule has 1 amide bonds. The van der Waals surface area contributed by atoms with E-state index in [9.17, 15) is 18.0 Å². The van der Waals surface area contributed by atoms with E-state index >= 15 is 0 Å². The smallest absolute Gasteiger partial charge is 0.406 e. The first kappa shape index (κ1) is 14.9. The first-order valence-corrected chi connectivity index (χ1v) is 6.51. The summed E-state index contributed by atoms with van der Waals surface area (Å²) in [7, 11) is 0. The zero-order valence-electron chi connectivity index (χ0n) is 10.9. The highest BCUT2D eigenvalue weighted by Gasteiger charge is 2.33. The van der Waals surface area contributed by atoms with Crippen molar-refractivity contribution in [3.05, 3.63) is 24.2 Å². The zero-order chi connectivity index (χ0) is 14.6. The summed E-state index contributed by atoms with van der Waals surface area (Å²) in [5.41, 5.74) is 0. The van der Waals surface area contributed by atoms with Crippen LogP contribution in [0.25, 0.3) is 0 Å². The molecule has 1 fully saturated rings. The Bertz CT molecular complexity index is 427. The van der Waals surface area contributed by atoms with Crippen molar-refractivity contribution in [2.24, 2.45) is 5.92 Å². The summed E-state index contributed by atoms with van der Waals surface area (Å²) in [5, 5.41) is 2.90. The maximum Gasteiger partial charge on any atom is 0.406 e. The first-order chi connectivity index (χ1) is 9.44. The molecule has 1 aliphatic carbocycles. The van der Waals surface area contributed by atoms with E-state index in [1.807, 2.05) is 0 Å². The van der Waals surface area contributed by atoms with Crippen molar-refractivity contribution in [1.82, 2.24) is 10.2 Å². The van der Waals surface area contributed by atoms with Crippen molar-refractivity contribution in [3.8, 4) is 0 Å². The number of furan rings is 1. The van der Waals surface area contributed by atoms with Gasteiger partial charge in [0.1, 0.15) is 12.3 Å². The topological polar surface area (TPSA) is 45.5 Å². The van der Waals surface area contributed by atoms with Gasteiger partial charge >= 0.3 is 6.18 Å². The second-order valence-corrected chi connectivity index (χ2v) is 5.02. The average Bonchev–Trinajstić information content (AvgIpc) is 3.02. The molecule has 0 spiro atoms. The standard InChI is InChI=1S/C13H17F3N2O2/c14-13(15,16)9-18(8-11-2-1-5-20-11)12(19)7-17-6-10-3-4-10/h1-2,5,10,17H,3-4,6-9H2. The number of hydrogen-bond donors (Lipinski definition) is 1. The number of rotatable bonds is 7. The Hall–Kier alpha value is -1.50. The number of hydrogen-bond acceptors (Lipinski definition) is 3. The molecule has 0 atom stereocenters. The van der Waals surface area contributed by atoms with Gasteiger partial charge in [0.15, 0.2) is 0 Å². The molecule has 0 saturated heterocycles. The van der Waals surface area contributed by atoms with E-state index in [-0.39, 0.29) is 13.1 Å². The van der Waals surface area contributed by atoms with Gasteiger partial charge in [-0.1, -0.05) is 0 Å². The lowest BCUT2D eigenvalue weighted by molar-refractivity contribution is -0.162. The fraction of sp³-hybridized carbons (Fsp3) is 0.615. The van der Waals surface area contributed by atoms with Gasteiger partial charge in [-0.15, -0.1) is 0 Å². The third-order valence-corrected chi connectivity index (χ3v) is 3.06. The van der Waals surface area contributed by atoms with Crippen LogP contribution < -0.4 is 5.32 Å². The van der Waals surface area contributed by atoms with Crippen LogP contribution in [0.2, 0.25) is 0 Å². The van der Waals surface area contributed by atoms with Crippen molar-refractivity contribution in [2.45, 2.75) is 25.6 Å². The van der Waals surface area contributed by atoms with Crippen molar-refractivity contribution in [2.75, 3.05) is 19.6 Å². The van der Waals surface area contributed by atoms with Crippen LogP contribution in [-0.2, 0) is 11.3 Å². The molecule has 1 aromatic heterocycles. The van der Waals surface area contributed by atoms with Gasteiger partial charge in [-0.05, 0) is 37.4 Å². The monoisotopic (exact) mass is 290 g/mol. The van der Waals surface area contributed by atoms with E-state index in [0.717, 1.165) is 17.7 Å². The molecule has 7 heteroatoms. The molecule has 4 nitrogen and oxygen atoms in total. The highest BCUT2D eigenvalue weighted by Crippen LogP contribution is 2.27. The summed E-state index contributed by atoms with van der Waals surface area (Å²) in [4.78, 5) is 12.6. The Kier molecular flexibility index (Phi) is 4.69. The number of carbonyl (C=O) groups excluding carboxylic acids is 1. The van der Waals surface area contributed by atoms with Crippen LogP contribution in [0.1, 0.15) is 18.6 Å². The fourth-order valence-electron chi connectivity index (χ4n) is 1.86. The molecule has 1 aliphatic rings. The molecule has 1 heterocycles. The summed E-state index contributed by atoms with van der Waals surface area (Å²) in [6, 6.07) is 3.13. The Labute approximate surface area is 114 Å². The van der Waals surface area contributed by atoms with E-state index in [2.05, 4.69) is 5.32 Å². The number of amides is 1. The number of carbonyl (C=O) groups is 1. The summed E-state index contributed by atoms with van der Waals surface area (Å²) < 4.78 is 42.5. The second kappa shape index (κ2) is 6.30. The predicted molar refractivity (Wildman–Crippen MR) is 65.8 cm³/mol. The first-order valence-electron chi connectivity index (χ1n) is 6.51. The van der Waals surface area contributed by atoms with Crippen LogP contribution in [0.4, 0.5) is 13.2 Å². The minimum Gasteiger partial charge on any atom is -0.467 e. The fourth-order valence-corrected chi connectivity index (χ4v) is 1.86. The summed E-state index contributed by atoms with van der Waals surface area (Å²) in [5.74, 6) is 0.341. The van der Waals surface area contributed by atoms with Crippen LogP contribution in [0.5, 0.6) is 0 Å². The average molecular weight is 290 g/mol. The number of nitrogens with one attached hydrogen (secondary N) is 1. The highest BCUT2D eigenvalue weighted by atomic mass is 19.4. The molecular formula is C13H17F3N2O2. The highest BCUT2D eigenvalue weighted by molar-refractivity contribution is 5.78. The van der Waals surface area contributed by atoms with Gasteiger partial charge in [0, 0.05) is 0 Å². The molecule has 20 heavy (non-hydrogen) atoms. The molecule has 2 rings (SSSR count). The lowest BCUT2D eigenvalue weighted by Gasteiger charge is -2.23. The van der Waals surface area contributed by atoms with Gasteiger partial charge in [0.2, 0.25) is 5.91 Å². The van der Waals surface area contributed by atoms with Crippen LogP contribution in [0.3, 0.4) is 0 Å². The van der Waals surface area contributed by atoms with Gasteiger partial charge in [-0.2, -0.15) is 13.2 Å². The largest absolute Gasteiger partial charge is 0.467 e. The quantitative estimate of drug-likeness (QED) is 0.837. The molecule has 1 saturated carbocycles. The van der Waals surface area contributed by atoms with E-state index in [1.54, 1.807) is 12.1 Å². The maximum atomic E-state index is 12.5. The summed E-state index contributed by atoms with van der Waals surface area (Å²) >= 11 is 0. The molecule has 0 aliphatic heterocycles. The number of halogens is 3. The van der Waals surface area contributed by atoms with Crippen LogP contribution in [-0.4, -0.2) is 36.6 Å². The maximum absolute atomic E-state index is 12.5. The SMILES string of the molecule is O=C(CNCC1CC1)N(Cc1ccco1)CC(F)(F)F. The van der Waals surface area contributed by atoms with E-state index in [1.165, 1.54) is 6.26 Å². The van der Waals surface area contributed by atoms with Gasteiger partial charge in [-0.25, -0.2) is 0 Å². The molecule has 0 unspecified atom stereocenters. The van der Waals surface area contributed by atoms with Crippen molar-refractivity contribution < 1.29 is 22.4 Å². The van der Waals surface area contributed by atoms with Crippen LogP contribution >= 0.6 is 0 Å². The Morgan fingerprint density at radius 2 is 2.20 bits per heavy atom. The zero-order valence-corrected chi connectivity index (χ0v) is 10.9. The molecule has 0 bridgehead atoms. The van der Waals surface area contributed by atoms with Gasteiger partial charge < -0.3 is 14.6 Å². The van der Waals surface area contributed by atoms with E-state index in [0.29, 0.717) is 18.2 Å². The lowest BCUT2D eigenvalue weighted by atomic mass is 10.3. The van der Waals surface area contributed by atoms with E-state index in [4.69, 9.17) is 4.42 Å². The van der Waals surface area contributed by atoms with Gasteiger partial charge in [0.05, 0.1) is 19.4 Å². The molecule has 112 valence electrons. The van der Waals surface area contributed by atoms with Crippen LogP contribution in [0, 0.1) is 5.92 Å². The normalized spacial score (nSPS) is 15.3. The predicted octanol–water partition coefficient (Wildman–Crippen LogP) is 2.17. The van der Waals surface area contributed by atoms with E-state index < -0.39 is 18.6 Å². The van der Waals surface area contributed by atoms with Gasteiger partial charge in [0.25, 0.3) is 0 Å². The number of alkyl halides is 3. The third-order valence-electron chi connectivity index (χ3n) is 3.06. The molecule has 1 aromatic rings. The Morgan fingerprint density at radius 1 is 1.45 bits per heavy atom. The molecule has 1 N–H and O–H groups in total. The molecular weight excluding hydrogens is 273 g/mol. The summed E-state index contributed by atoms with van der Waals surface area (Å²) in [6.07, 6.45) is -0.796. The van der Waals surface area contributed by atoms with Crippen molar-refractivity contribution in [3.63, 3.8) is 0 Å². The molecule has 0 aromatic carbocycles. The minimum absolute atomic E-state index is 0.0761. The van der Waals surface area contributed by atoms with Crippen molar-refractivity contribution >= 4 is 5.91 Å². The third kappa shape index (κ3) is 5.24. The Balaban J connectivity index is 1.87.